The molecule has 0 spiro atoms. The second-order valence-corrected chi connectivity index (χ2v) is 13.9. The summed E-state index contributed by atoms with van der Waals surface area (Å²) in [6.45, 7) is 13.8. The van der Waals surface area contributed by atoms with Crippen LogP contribution in [0.5, 0.6) is 0 Å². The Morgan fingerprint density at radius 2 is 1.21 bits per heavy atom. The van der Waals surface area contributed by atoms with Gasteiger partial charge in [-0.1, -0.05) is 33.1 Å². The molecule has 2 aliphatic rings. The lowest BCUT2D eigenvalue weighted by Crippen LogP contribution is -2.52. The van der Waals surface area contributed by atoms with Crippen molar-refractivity contribution in [2.75, 3.05) is 98.1 Å². The van der Waals surface area contributed by atoms with Gasteiger partial charge >= 0.3 is 0 Å². The molecule has 47 heavy (non-hydrogen) atoms. The van der Waals surface area contributed by atoms with Crippen molar-refractivity contribution in [2.24, 2.45) is 5.41 Å². The van der Waals surface area contributed by atoms with Crippen molar-refractivity contribution >= 4 is 29.5 Å². The Labute approximate surface area is 287 Å². The number of rotatable bonds is 31. The fraction of sp³-hybridized carbons (Fsp3) is 0.912. The van der Waals surface area contributed by atoms with Crippen LogP contribution >= 0.6 is 11.8 Å². The summed E-state index contributed by atoms with van der Waals surface area (Å²) < 4.78 is 32.9. The molecule has 0 bridgehead atoms. The lowest BCUT2D eigenvalue weighted by Gasteiger charge is -2.36. The van der Waals surface area contributed by atoms with E-state index in [0.29, 0.717) is 110 Å². The molecule has 1 unspecified atom stereocenters. The van der Waals surface area contributed by atoms with Crippen LogP contribution in [0, 0.1) is 5.41 Å². The molecule has 0 aromatic carbocycles. The molecule has 0 saturated carbocycles. The van der Waals surface area contributed by atoms with Crippen LogP contribution in [0.25, 0.3) is 0 Å². The molecule has 3 amide bonds. The highest BCUT2D eigenvalue weighted by Crippen LogP contribution is 2.55. The number of nitrogens with one attached hydrogen (secondary N) is 3. The maximum atomic E-state index is 12.2. The number of amides is 3. The van der Waals surface area contributed by atoms with E-state index >= 15 is 0 Å². The van der Waals surface area contributed by atoms with Crippen LogP contribution in [0.1, 0.15) is 85.0 Å². The van der Waals surface area contributed by atoms with E-state index in [-0.39, 0.29) is 28.7 Å². The normalized spacial score (nSPS) is 21.9. The summed E-state index contributed by atoms with van der Waals surface area (Å²) in [5.41, 5.74) is -0.0852. The zero-order valence-corrected chi connectivity index (χ0v) is 30.2. The van der Waals surface area contributed by atoms with Crippen molar-refractivity contribution in [1.82, 2.24) is 16.0 Å². The number of unbranched alkanes of at least 4 members (excludes halogenated alkanes) is 3. The monoisotopic (exact) mass is 689 g/mol. The third-order valence-electron chi connectivity index (χ3n) is 8.79. The molecule has 12 nitrogen and oxygen atoms in total. The van der Waals surface area contributed by atoms with Crippen molar-refractivity contribution in [3.63, 3.8) is 0 Å². The molecule has 3 atom stereocenters. The lowest BCUT2D eigenvalue weighted by atomic mass is 9.72. The summed E-state index contributed by atoms with van der Waals surface area (Å²) in [5, 5.41) is 9.52. The van der Waals surface area contributed by atoms with E-state index in [2.05, 4.69) is 36.7 Å². The molecule has 0 aromatic rings. The van der Waals surface area contributed by atoms with Crippen molar-refractivity contribution in [3.8, 4) is 0 Å². The molecule has 0 aromatic heterocycles. The van der Waals surface area contributed by atoms with Crippen LogP contribution in [-0.2, 0) is 42.8 Å². The number of thioether (sulfide) groups is 1. The highest BCUT2D eigenvalue weighted by molar-refractivity contribution is 8.00. The van der Waals surface area contributed by atoms with E-state index in [1.54, 1.807) is 0 Å². The predicted molar refractivity (Wildman–Crippen MR) is 184 cm³/mol. The zero-order valence-electron chi connectivity index (χ0n) is 29.3. The van der Waals surface area contributed by atoms with E-state index in [1.165, 1.54) is 0 Å². The van der Waals surface area contributed by atoms with Gasteiger partial charge in [0.2, 0.25) is 17.7 Å². The molecule has 3 N–H and O–H groups in total. The molecule has 274 valence electrons. The fourth-order valence-electron chi connectivity index (χ4n) is 5.68. The third kappa shape index (κ3) is 17.7. The van der Waals surface area contributed by atoms with Gasteiger partial charge in [0.15, 0.2) is 0 Å². The highest BCUT2D eigenvalue weighted by Gasteiger charge is 2.60. The molecule has 2 saturated heterocycles. The van der Waals surface area contributed by atoms with Gasteiger partial charge in [0.1, 0.15) is 0 Å². The van der Waals surface area contributed by atoms with Gasteiger partial charge in [0.05, 0.1) is 78.2 Å². The van der Waals surface area contributed by atoms with Gasteiger partial charge in [-0.2, -0.15) is 11.8 Å². The number of fused-ring (bicyclic) bond motifs is 1. The Morgan fingerprint density at radius 1 is 0.702 bits per heavy atom. The van der Waals surface area contributed by atoms with Gasteiger partial charge in [-0.25, -0.2) is 0 Å². The van der Waals surface area contributed by atoms with E-state index < -0.39 is 0 Å². The molecule has 2 aliphatic heterocycles. The first-order valence-electron chi connectivity index (χ1n) is 17.7. The Bertz CT molecular complexity index is 871. The minimum absolute atomic E-state index is 0.0334. The standard InChI is InChI=1S/C34H63N3O9S/c1-4-5-8-13-35-31(39)12-16-42-18-20-44-22-24-46-26-25-45-23-21-43-19-17-41-15-9-14-36-30(38)11-7-6-10-29-34(3)33(2,28-47-29)27-32(40)37-34/h29H,4-28H2,1-3H3,(H,35,39)(H,36,38)(H,37,40)/t29?,33-,34+/m0/s1. The molecular formula is C34H63N3O9S. The zero-order chi connectivity index (χ0) is 34.1. The predicted octanol–water partition coefficient (Wildman–Crippen LogP) is 3.25. The smallest absolute Gasteiger partial charge is 0.222 e. The first kappa shape index (κ1) is 41.7. The average Bonchev–Trinajstić information content (AvgIpc) is 3.42. The molecule has 2 rings (SSSR count). The van der Waals surface area contributed by atoms with Gasteiger partial charge in [0, 0.05) is 55.4 Å². The summed E-state index contributed by atoms with van der Waals surface area (Å²) in [4.78, 5) is 35.8. The summed E-state index contributed by atoms with van der Waals surface area (Å²) in [6.07, 6.45) is 8.49. The van der Waals surface area contributed by atoms with Crippen LogP contribution < -0.4 is 16.0 Å². The minimum Gasteiger partial charge on any atom is -0.379 e. The average molecular weight is 690 g/mol. The molecule has 2 heterocycles. The number of carbonyl (C=O) groups is 3. The SMILES string of the molecule is CCCCCNC(=O)CCOCCOCCOCCOCCOCCOCCCNC(=O)CCCCC1SC[C@]2(C)CC(=O)N[C@]12C. The van der Waals surface area contributed by atoms with Crippen molar-refractivity contribution in [3.05, 3.63) is 0 Å². The molecular weight excluding hydrogens is 626 g/mol. The quantitative estimate of drug-likeness (QED) is 0.0929. The van der Waals surface area contributed by atoms with Gasteiger partial charge in [-0.3, -0.25) is 14.4 Å². The lowest BCUT2D eigenvalue weighted by molar-refractivity contribution is -0.122. The van der Waals surface area contributed by atoms with Crippen molar-refractivity contribution in [2.45, 2.75) is 95.8 Å². The number of hydrogen-bond acceptors (Lipinski definition) is 10. The van der Waals surface area contributed by atoms with Gasteiger partial charge in [-0.05, 0) is 32.6 Å². The Kier molecular flexibility index (Phi) is 22.6. The van der Waals surface area contributed by atoms with Crippen LogP contribution in [0.4, 0.5) is 0 Å². The fourth-order valence-corrected chi connectivity index (χ4v) is 7.66. The number of hydrogen-bond donors (Lipinski definition) is 3. The maximum absolute atomic E-state index is 12.2. The third-order valence-corrected chi connectivity index (χ3v) is 10.7. The van der Waals surface area contributed by atoms with Gasteiger partial charge < -0.3 is 44.4 Å². The van der Waals surface area contributed by atoms with Crippen LogP contribution in [0.3, 0.4) is 0 Å². The Balaban J connectivity index is 1.23. The Hall–Kier alpha value is -1.48. The van der Waals surface area contributed by atoms with Crippen LogP contribution in [0.15, 0.2) is 0 Å². The second-order valence-electron chi connectivity index (χ2n) is 12.7. The van der Waals surface area contributed by atoms with E-state index in [0.717, 1.165) is 57.2 Å². The number of carbonyl (C=O) groups excluding carboxylic acids is 3. The van der Waals surface area contributed by atoms with Crippen LogP contribution in [0.2, 0.25) is 0 Å². The van der Waals surface area contributed by atoms with E-state index in [1.807, 2.05) is 11.8 Å². The maximum Gasteiger partial charge on any atom is 0.222 e. The van der Waals surface area contributed by atoms with Gasteiger partial charge in [-0.15, -0.1) is 0 Å². The second kappa shape index (κ2) is 25.5. The summed E-state index contributed by atoms with van der Waals surface area (Å²) in [7, 11) is 0. The van der Waals surface area contributed by atoms with E-state index in [4.69, 9.17) is 28.4 Å². The summed E-state index contributed by atoms with van der Waals surface area (Å²) in [6, 6.07) is 0. The molecule has 2 fully saturated rings. The Morgan fingerprint density at radius 3 is 1.79 bits per heavy atom. The first-order valence-corrected chi connectivity index (χ1v) is 18.8. The van der Waals surface area contributed by atoms with Crippen molar-refractivity contribution < 1.29 is 42.8 Å². The molecule has 0 radical (unpaired) electrons. The minimum atomic E-state index is -0.128. The topological polar surface area (TPSA) is 143 Å². The van der Waals surface area contributed by atoms with Gasteiger partial charge in [0.25, 0.3) is 0 Å². The highest BCUT2D eigenvalue weighted by atomic mass is 32.2. The van der Waals surface area contributed by atoms with Crippen LogP contribution in [-0.4, -0.2) is 127 Å². The molecule has 13 heteroatoms. The largest absolute Gasteiger partial charge is 0.379 e. The van der Waals surface area contributed by atoms with Crippen molar-refractivity contribution in [1.29, 1.82) is 0 Å². The first-order chi connectivity index (χ1) is 22.8. The molecule has 0 aliphatic carbocycles. The number of ether oxygens (including phenoxy) is 6. The summed E-state index contributed by atoms with van der Waals surface area (Å²) >= 11 is 1.97. The summed E-state index contributed by atoms with van der Waals surface area (Å²) in [5.74, 6) is 1.31. The van der Waals surface area contributed by atoms with E-state index in [9.17, 15) is 14.4 Å².